The van der Waals surface area contributed by atoms with Gasteiger partial charge in [-0.25, -0.2) is 9.97 Å². The number of nitrogens with zero attached hydrogens (tertiary/aromatic N) is 2. The fraction of sp³-hybridized carbons (Fsp3) is 0.556. The van der Waals surface area contributed by atoms with Crippen LogP contribution in [-0.2, 0) is 5.41 Å². The van der Waals surface area contributed by atoms with Crippen LogP contribution in [0.1, 0.15) is 25.0 Å². The molecule has 2 N–H and O–H groups in total. The van der Waals surface area contributed by atoms with Crippen molar-refractivity contribution in [3.63, 3.8) is 0 Å². The molecule has 4 heteroatoms. The van der Waals surface area contributed by atoms with Crippen LogP contribution in [0.5, 0.6) is 0 Å². The molecule has 70 valence electrons. The minimum Gasteiger partial charge on any atom is -0.330 e. The lowest BCUT2D eigenvalue weighted by atomic mass is 9.66. The lowest BCUT2D eigenvalue weighted by Crippen LogP contribution is -2.42. The lowest BCUT2D eigenvalue weighted by molar-refractivity contribution is 0.244. The van der Waals surface area contributed by atoms with Gasteiger partial charge in [-0.05, 0) is 28.8 Å². The van der Waals surface area contributed by atoms with Crippen molar-refractivity contribution in [3.8, 4) is 0 Å². The second-order valence-electron chi connectivity index (χ2n) is 3.56. The standard InChI is InChI=1S/C9H12BrN3/c10-7-4-12-6-13-8(7)9(5-11)2-1-3-9/h4,6H,1-3,5,11H2. The molecule has 0 spiro atoms. The van der Waals surface area contributed by atoms with E-state index in [-0.39, 0.29) is 5.41 Å². The average Bonchev–Trinajstić information content (AvgIpc) is 2.07. The molecule has 0 atom stereocenters. The predicted octanol–water partition coefficient (Wildman–Crippen LogP) is 1.62. The molecule has 0 radical (unpaired) electrons. The molecule has 13 heavy (non-hydrogen) atoms. The summed E-state index contributed by atoms with van der Waals surface area (Å²) < 4.78 is 0.986. The maximum absolute atomic E-state index is 5.79. The molecule has 0 amide bonds. The SMILES string of the molecule is NCC1(c2ncncc2Br)CCC1. The van der Waals surface area contributed by atoms with Crippen LogP contribution in [-0.4, -0.2) is 16.5 Å². The summed E-state index contributed by atoms with van der Waals surface area (Å²) in [5, 5.41) is 0. The van der Waals surface area contributed by atoms with Crippen molar-refractivity contribution in [2.45, 2.75) is 24.7 Å². The maximum Gasteiger partial charge on any atom is 0.115 e. The van der Waals surface area contributed by atoms with E-state index in [0.29, 0.717) is 6.54 Å². The second-order valence-corrected chi connectivity index (χ2v) is 4.41. The Balaban J connectivity index is 2.38. The van der Waals surface area contributed by atoms with Crippen LogP contribution in [0.3, 0.4) is 0 Å². The minimum atomic E-state index is 0.127. The van der Waals surface area contributed by atoms with Crippen molar-refractivity contribution in [2.75, 3.05) is 6.54 Å². The van der Waals surface area contributed by atoms with E-state index in [9.17, 15) is 0 Å². The molecule has 0 aliphatic heterocycles. The monoisotopic (exact) mass is 241 g/mol. The van der Waals surface area contributed by atoms with E-state index in [1.165, 1.54) is 6.42 Å². The number of rotatable bonds is 2. The van der Waals surface area contributed by atoms with Crippen LogP contribution in [0, 0.1) is 0 Å². The largest absolute Gasteiger partial charge is 0.330 e. The molecule has 0 unspecified atom stereocenters. The third kappa shape index (κ3) is 1.38. The minimum absolute atomic E-state index is 0.127. The van der Waals surface area contributed by atoms with Crippen LogP contribution >= 0.6 is 15.9 Å². The highest BCUT2D eigenvalue weighted by molar-refractivity contribution is 9.10. The molecule has 0 aromatic carbocycles. The Morgan fingerprint density at radius 3 is 2.77 bits per heavy atom. The normalized spacial score (nSPS) is 19.5. The summed E-state index contributed by atoms with van der Waals surface area (Å²) in [7, 11) is 0. The van der Waals surface area contributed by atoms with Crippen LogP contribution in [0.25, 0.3) is 0 Å². The van der Waals surface area contributed by atoms with Gasteiger partial charge in [-0.15, -0.1) is 0 Å². The Kier molecular flexibility index (Phi) is 2.34. The van der Waals surface area contributed by atoms with E-state index in [2.05, 4.69) is 25.9 Å². The van der Waals surface area contributed by atoms with Crippen LogP contribution in [0.15, 0.2) is 17.0 Å². The van der Waals surface area contributed by atoms with Gasteiger partial charge in [0.25, 0.3) is 0 Å². The predicted molar refractivity (Wildman–Crippen MR) is 54.3 cm³/mol. The first-order valence-electron chi connectivity index (χ1n) is 4.44. The third-order valence-corrected chi connectivity index (χ3v) is 3.45. The van der Waals surface area contributed by atoms with E-state index in [1.807, 2.05) is 0 Å². The Bertz CT molecular complexity index is 304. The maximum atomic E-state index is 5.79. The quantitative estimate of drug-likeness (QED) is 0.857. The molecular formula is C9H12BrN3. The Labute approximate surface area is 85.9 Å². The molecule has 3 nitrogen and oxygen atoms in total. The van der Waals surface area contributed by atoms with Crippen LogP contribution < -0.4 is 5.73 Å². The van der Waals surface area contributed by atoms with Crippen molar-refractivity contribution in [1.82, 2.24) is 9.97 Å². The summed E-state index contributed by atoms with van der Waals surface area (Å²) >= 11 is 3.47. The first kappa shape index (κ1) is 9.09. The van der Waals surface area contributed by atoms with Gasteiger partial charge >= 0.3 is 0 Å². The van der Waals surface area contributed by atoms with E-state index in [1.54, 1.807) is 12.5 Å². The zero-order chi connectivity index (χ0) is 9.31. The highest BCUT2D eigenvalue weighted by atomic mass is 79.9. The molecule has 1 aromatic rings. The summed E-state index contributed by atoms with van der Waals surface area (Å²) in [6, 6.07) is 0. The van der Waals surface area contributed by atoms with Crippen molar-refractivity contribution in [1.29, 1.82) is 0 Å². The molecule has 1 saturated carbocycles. The molecule has 0 bridgehead atoms. The zero-order valence-corrected chi connectivity index (χ0v) is 8.92. The van der Waals surface area contributed by atoms with Crippen LogP contribution in [0.4, 0.5) is 0 Å². The van der Waals surface area contributed by atoms with Gasteiger partial charge in [0, 0.05) is 18.2 Å². The van der Waals surface area contributed by atoms with Gasteiger partial charge in [-0.1, -0.05) is 6.42 Å². The van der Waals surface area contributed by atoms with Crippen LogP contribution in [0.2, 0.25) is 0 Å². The van der Waals surface area contributed by atoms with Crippen molar-refractivity contribution in [2.24, 2.45) is 5.73 Å². The summed E-state index contributed by atoms with van der Waals surface area (Å²) in [4.78, 5) is 8.26. The van der Waals surface area contributed by atoms with E-state index in [0.717, 1.165) is 23.0 Å². The average molecular weight is 242 g/mol. The number of nitrogens with two attached hydrogens (primary N) is 1. The Morgan fingerprint density at radius 1 is 1.54 bits per heavy atom. The van der Waals surface area contributed by atoms with Gasteiger partial charge in [0.2, 0.25) is 0 Å². The highest BCUT2D eigenvalue weighted by Gasteiger charge is 2.39. The Hall–Kier alpha value is -0.480. The number of hydrogen-bond acceptors (Lipinski definition) is 3. The van der Waals surface area contributed by atoms with Crippen molar-refractivity contribution < 1.29 is 0 Å². The molecule has 1 aromatic heterocycles. The number of halogens is 1. The van der Waals surface area contributed by atoms with Crippen molar-refractivity contribution >= 4 is 15.9 Å². The number of aromatic nitrogens is 2. The molecule has 1 heterocycles. The molecular weight excluding hydrogens is 230 g/mol. The second kappa shape index (κ2) is 3.35. The van der Waals surface area contributed by atoms with E-state index >= 15 is 0 Å². The molecule has 0 saturated heterocycles. The summed E-state index contributed by atoms with van der Waals surface area (Å²) in [5.41, 5.74) is 7.00. The van der Waals surface area contributed by atoms with Gasteiger partial charge in [-0.2, -0.15) is 0 Å². The molecule has 1 aliphatic rings. The summed E-state index contributed by atoms with van der Waals surface area (Å²) in [6.07, 6.45) is 6.94. The highest BCUT2D eigenvalue weighted by Crippen LogP contribution is 2.43. The fourth-order valence-electron chi connectivity index (χ4n) is 1.84. The summed E-state index contributed by atoms with van der Waals surface area (Å²) in [6.45, 7) is 0.683. The number of hydrogen-bond donors (Lipinski definition) is 1. The smallest absolute Gasteiger partial charge is 0.115 e. The van der Waals surface area contributed by atoms with Crippen molar-refractivity contribution in [3.05, 3.63) is 22.7 Å². The zero-order valence-electron chi connectivity index (χ0n) is 7.33. The van der Waals surface area contributed by atoms with Gasteiger partial charge in [0.05, 0.1) is 10.2 Å². The Morgan fingerprint density at radius 2 is 2.31 bits per heavy atom. The molecule has 2 rings (SSSR count). The van der Waals surface area contributed by atoms with Gasteiger partial charge in [-0.3, -0.25) is 0 Å². The fourth-order valence-corrected chi connectivity index (χ4v) is 2.49. The third-order valence-electron chi connectivity index (χ3n) is 2.87. The molecule has 1 aliphatic carbocycles. The molecule has 1 fully saturated rings. The van der Waals surface area contributed by atoms with E-state index < -0.39 is 0 Å². The van der Waals surface area contributed by atoms with Gasteiger partial charge < -0.3 is 5.73 Å². The van der Waals surface area contributed by atoms with Gasteiger partial charge in [0.1, 0.15) is 6.33 Å². The topological polar surface area (TPSA) is 51.8 Å². The van der Waals surface area contributed by atoms with Gasteiger partial charge in [0.15, 0.2) is 0 Å². The lowest BCUT2D eigenvalue weighted by Gasteiger charge is -2.40. The summed E-state index contributed by atoms with van der Waals surface area (Å²) in [5.74, 6) is 0. The first-order chi connectivity index (χ1) is 6.28. The van der Waals surface area contributed by atoms with E-state index in [4.69, 9.17) is 5.73 Å². The first-order valence-corrected chi connectivity index (χ1v) is 5.24.